The first-order valence-electron chi connectivity index (χ1n) is 9.93. The fourth-order valence-corrected chi connectivity index (χ4v) is 4.64. The molecule has 1 aromatic rings. The van der Waals surface area contributed by atoms with Crippen LogP contribution in [0, 0.1) is 0 Å². The number of nitrogens with one attached hydrogen (secondary N) is 2. The lowest BCUT2D eigenvalue weighted by Crippen LogP contribution is -2.54. The number of likely N-dealkylation sites (tertiary alicyclic amines) is 1. The van der Waals surface area contributed by atoms with Crippen molar-refractivity contribution in [1.29, 1.82) is 0 Å². The Bertz CT molecular complexity index is 992. The molecule has 5 rings (SSSR count). The molecule has 10 nitrogen and oxygen atoms in total. The molecule has 3 fully saturated rings. The third-order valence-corrected chi connectivity index (χ3v) is 6.12. The Morgan fingerprint density at radius 2 is 2.03 bits per heavy atom. The minimum Gasteiger partial charge on any atom is -0.375 e. The Labute approximate surface area is 171 Å². The number of carbonyl (C=O) groups excluding carboxylic acids is 5. The van der Waals surface area contributed by atoms with Crippen molar-refractivity contribution < 1.29 is 28.7 Å². The second kappa shape index (κ2) is 6.91. The summed E-state index contributed by atoms with van der Waals surface area (Å²) in [5.74, 6) is -2.35. The fraction of sp³-hybridized carbons (Fsp3) is 0.450. The van der Waals surface area contributed by atoms with Crippen molar-refractivity contribution in [3.8, 4) is 0 Å². The van der Waals surface area contributed by atoms with Gasteiger partial charge in [-0.3, -0.25) is 34.2 Å². The van der Waals surface area contributed by atoms with E-state index in [-0.39, 0.29) is 48.6 Å². The van der Waals surface area contributed by atoms with Gasteiger partial charge >= 0.3 is 0 Å². The van der Waals surface area contributed by atoms with Gasteiger partial charge in [0.1, 0.15) is 6.04 Å². The zero-order valence-corrected chi connectivity index (χ0v) is 16.1. The molecule has 0 spiro atoms. The monoisotopic (exact) mass is 412 g/mol. The molecule has 1 unspecified atom stereocenters. The number of anilines is 1. The number of benzene rings is 1. The van der Waals surface area contributed by atoms with Crippen molar-refractivity contribution in [2.75, 3.05) is 25.0 Å². The number of amides is 5. The molecule has 3 saturated heterocycles. The lowest BCUT2D eigenvalue weighted by molar-refractivity contribution is -0.136. The van der Waals surface area contributed by atoms with Gasteiger partial charge in [-0.15, -0.1) is 0 Å². The van der Waals surface area contributed by atoms with Crippen LogP contribution in [0.5, 0.6) is 0 Å². The summed E-state index contributed by atoms with van der Waals surface area (Å²) in [5.41, 5.74) is 0.691. The summed E-state index contributed by atoms with van der Waals surface area (Å²) in [6.45, 7) is 1.10. The maximum atomic E-state index is 13.0. The van der Waals surface area contributed by atoms with Gasteiger partial charge < -0.3 is 15.0 Å². The standard InChI is InChI=1S/C20H20N4O6/c25-15-5-4-14(18(27)22-15)24-19(28)12-2-1-3-13(17(12)20(24)29)21-7-16(26)23-8-11-6-10(23)9-30-11/h1-3,10-11,14,21H,4-9H2,(H,22,25,27)/t10-,11-,14?/m0/s1. The molecule has 0 radical (unpaired) electrons. The molecule has 0 saturated carbocycles. The molecular formula is C20H20N4O6. The number of morpholine rings is 1. The molecule has 4 aliphatic rings. The number of piperidine rings is 1. The van der Waals surface area contributed by atoms with Gasteiger partial charge in [-0.25, -0.2) is 0 Å². The van der Waals surface area contributed by atoms with E-state index in [1.807, 2.05) is 0 Å². The van der Waals surface area contributed by atoms with Crippen molar-refractivity contribution in [1.82, 2.24) is 15.1 Å². The predicted octanol–water partition coefficient (Wildman–Crippen LogP) is -0.501. The number of hydrogen-bond donors (Lipinski definition) is 2. The topological polar surface area (TPSA) is 125 Å². The number of nitrogens with zero attached hydrogens (tertiary/aromatic N) is 2. The average Bonchev–Trinajstić information content (AvgIpc) is 3.42. The zero-order valence-electron chi connectivity index (χ0n) is 16.1. The summed E-state index contributed by atoms with van der Waals surface area (Å²) in [6.07, 6.45) is 1.10. The molecule has 1 aromatic carbocycles. The van der Waals surface area contributed by atoms with Crippen LogP contribution in [-0.2, 0) is 19.1 Å². The lowest BCUT2D eigenvalue weighted by Gasteiger charge is -2.28. The Hall–Kier alpha value is -3.27. The van der Waals surface area contributed by atoms with E-state index in [0.29, 0.717) is 18.8 Å². The number of fused-ring (bicyclic) bond motifs is 3. The summed E-state index contributed by atoms with van der Waals surface area (Å²) < 4.78 is 5.51. The molecule has 30 heavy (non-hydrogen) atoms. The highest BCUT2D eigenvalue weighted by molar-refractivity contribution is 6.25. The van der Waals surface area contributed by atoms with Gasteiger partial charge in [-0.05, 0) is 25.0 Å². The highest BCUT2D eigenvalue weighted by Crippen LogP contribution is 2.33. The molecule has 0 aliphatic carbocycles. The van der Waals surface area contributed by atoms with Gasteiger partial charge in [-0.2, -0.15) is 0 Å². The van der Waals surface area contributed by atoms with Crippen molar-refractivity contribution in [2.45, 2.75) is 37.5 Å². The van der Waals surface area contributed by atoms with Gasteiger partial charge in [-0.1, -0.05) is 6.07 Å². The quantitative estimate of drug-likeness (QED) is 0.639. The summed E-state index contributed by atoms with van der Waals surface area (Å²) in [5, 5.41) is 5.16. The first-order valence-corrected chi connectivity index (χ1v) is 9.93. The highest BCUT2D eigenvalue weighted by atomic mass is 16.5. The van der Waals surface area contributed by atoms with Crippen LogP contribution in [0.4, 0.5) is 5.69 Å². The summed E-state index contributed by atoms with van der Waals surface area (Å²) in [6, 6.07) is 3.84. The normalized spacial score (nSPS) is 27.5. The van der Waals surface area contributed by atoms with Gasteiger partial charge in [0.05, 0.1) is 36.4 Å². The molecular weight excluding hydrogens is 392 g/mol. The van der Waals surface area contributed by atoms with Gasteiger partial charge in [0.2, 0.25) is 17.7 Å². The predicted molar refractivity (Wildman–Crippen MR) is 101 cm³/mol. The van der Waals surface area contributed by atoms with Crippen LogP contribution < -0.4 is 10.6 Å². The van der Waals surface area contributed by atoms with E-state index in [0.717, 1.165) is 11.3 Å². The second-order valence-electron chi connectivity index (χ2n) is 7.92. The van der Waals surface area contributed by atoms with Crippen LogP contribution in [0.3, 0.4) is 0 Å². The minimum absolute atomic E-state index is 0.0143. The van der Waals surface area contributed by atoms with Gasteiger partial charge in [0.25, 0.3) is 11.8 Å². The molecule has 3 atom stereocenters. The van der Waals surface area contributed by atoms with Crippen LogP contribution in [0.1, 0.15) is 40.0 Å². The SMILES string of the molecule is O=C1CCC(N2C(=O)c3cccc(NCC(=O)N4C[C@@H]5C[C@H]4CO5)c3C2=O)C(=O)N1. The molecule has 0 aromatic heterocycles. The van der Waals surface area contributed by atoms with Crippen molar-refractivity contribution in [2.24, 2.45) is 0 Å². The second-order valence-corrected chi connectivity index (χ2v) is 7.92. The van der Waals surface area contributed by atoms with Crippen LogP contribution in [0.2, 0.25) is 0 Å². The number of hydrogen-bond acceptors (Lipinski definition) is 7. The maximum Gasteiger partial charge on any atom is 0.264 e. The van der Waals surface area contributed by atoms with Crippen molar-refractivity contribution >= 4 is 35.2 Å². The Kier molecular flexibility index (Phi) is 4.31. The maximum absolute atomic E-state index is 13.0. The molecule has 5 amide bonds. The van der Waals surface area contributed by atoms with E-state index in [9.17, 15) is 24.0 Å². The van der Waals surface area contributed by atoms with Crippen LogP contribution in [0.25, 0.3) is 0 Å². The summed E-state index contributed by atoms with van der Waals surface area (Å²) in [4.78, 5) is 64.8. The Morgan fingerprint density at radius 1 is 1.20 bits per heavy atom. The molecule has 2 N–H and O–H groups in total. The first kappa shape index (κ1) is 18.7. The third kappa shape index (κ3) is 2.86. The number of imide groups is 2. The first-order chi connectivity index (χ1) is 14.4. The number of rotatable bonds is 4. The Morgan fingerprint density at radius 3 is 2.73 bits per heavy atom. The van der Waals surface area contributed by atoms with Gasteiger partial charge in [0.15, 0.2) is 0 Å². The smallest absolute Gasteiger partial charge is 0.264 e. The van der Waals surface area contributed by atoms with Crippen molar-refractivity contribution in [3.63, 3.8) is 0 Å². The molecule has 10 heteroatoms. The summed E-state index contributed by atoms with van der Waals surface area (Å²) in [7, 11) is 0. The van der Waals surface area contributed by atoms with E-state index in [1.165, 1.54) is 6.07 Å². The van der Waals surface area contributed by atoms with E-state index < -0.39 is 29.7 Å². The van der Waals surface area contributed by atoms with E-state index >= 15 is 0 Å². The van der Waals surface area contributed by atoms with Crippen molar-refractivity contribution in [3.05, 3.63) is 29.3 Å². The highest BCUT2D eigenvalue weighted by Gasteiger charge is 2.46. The molecule has 156 valence electrons. The summed E-state index contributed by atoms with van der Waals surface area (Å²) >= 11 is 0. The molecule has 2 bridgehead atoms. The fourth-order valence-electron chi connectivity index (χ4n) is 4.64. The third-order valence-electron chi connectivity index (χ3n) is 6.12. The minimum atomic E-state index is -1.02. The average molecular weight is 412 g/mol. The Balaban J connectivity index is 1.34. The van der Waals surface area contributed by atoms with E-state index in [4.69, 9.17) is 4.74 Å². The largest absolute Gasteiger partial charge is 0.375 e. The lowest BCUT2D eigenvalue weighted by atomic mass is 10.0. The number of ether oxygens (including phenoxy) is 1. The zero-order chi connectivity index (χ0) is 21.0. The van der Waals surface area contributed by atoms with Crippen LogP contribution in [-0.4, -0.2) is 77.2 Å². The van der Waals surface area contributed by atoms with Crippen LogP contribution >= 0.6 is 0 Å². The molecule has 4 heterocycles. The molecule has 4 aliphatic heterocycles. The van der Waals surface area contributed by atoms with Crippen LogP contribution in [0.15, 0.2) is 18.2 Å². The van der Waals surface area contributed by atoms with E-state index in [2.05, 4.69) is 10.6 Å². The van der Waals surface area contributed by atoms with Gasteiger partial charge in [0, 0.05) is 18.7 Å². The number of carbonyl (C=O) groups is 5. The van der Waals surface area contributed by atoms with E-state index in [1.54, 1.807) is 17.0 Å².